The average Bonchev–Trinajstić information content (AvgIpc) is 2.96. The van der Waals surface area contributed by atoms with Crippen molar-refractivity contribution in [2.75, 3.05) is 20.1 Å². The molecular formula is C13H16N4S. The van der Waals surface area contributed by atoms with E-state index in [9.17, 15) is 0 Å². The van der Waals surface area contributed by atoms with E-state index in [1.807, 2.05) is 18.2 Å². The number of hydrogen-bond acceptors (Lipinski definition) is 3. The fraction of sp³-hybridized carbons (Fsp3) is 0.385. The predicted molar refractivity (Wildman–Crippen MR) is 74.0 cm³/mol. The van der Waals surface area contributed by atoms with E-state index < -0.39 is 0 Å². The van der Waals surface area contributed by atoms with Crippen LogP contribution in [0.2, 0.25) is 0 Å². The van der Waals surface area contributed by atoms with Gasteiger partial charge in [-0.15, -0.1) is 0 Å². The van der Waals surface area contributed by atoms with Crippen molar-refractivity contribution < 1.29 is 0 Å². The number of hydrogen-bond donors (Lipinski definition) is 1. The molecule has 1 aromatic carbocycles. The molecule has 0 spiro atoms. The van der Waals surface area contributed by atoms with E-state index in [4.69, 9.17) is 12.2 Å². The Bertz CT molecular complexity index is 587. The van der Waals surface area contributed by atoms with E-state index in [-0.39, 0.29) is 0 Å². The first-order valence-corrected chi connectivity index (χ1v) is 6.57. The van der Waals surface area contributed by atoms with Gasteiger partial charge in [-0.3, -0.25) is 9.67 Å². The van der Waals surface area contributed by atoms with E-state index in [2.05, 4.69) is 38.8 Å². The molecule has 1 aliphatic heterocycles. The van der Waals surface area contributed by atoms with Gasteiger partial charge >= 0.3 is 0 Å². The molecule has 0 bridgehead atoms. The lowest BCUT2D eigenvalue weighted by atomic mass is 10.2. The van der Waals surface area contributed by atoms with Crippen molar-refractivity contribution >= 4 is 12.2 Å². The third-order valence-electron chi connectivity index (χ3n) is 3.47. The zero-order valence-corrected chi connectivity index (χ0v) is 11.2. The minimum atomic E-state index is 0.427. The van der Waals surface area contributed by atoms with Crippen molar-refractivity contribution in [1.82, 2.24) is 19.7 Å². The third kappa shape index (κ3) is 2.00. The van der Waals surface area contributed by atoms with E-state index in [0.717, 1.165) is 30.9 Å². The summed E-state index contributed by atoms with van der Waals surface area (Å²) in [5.74, 6) is 0.945. The van der Waals surface area contributed by atoms with E-state index in [1.165, 1.54) is 0 Å². The van der Waals surface area contributed by atoms with Crippen molar-refractivity contribution in [3.05, 3.63) is 35.1 Å². The molecule has 94 valence electrons. The number of rotatable bonds is 2. The molecule has 5 heteroatoms. The van der Waals surface area contributed by atoms with Crippen LogP contribution in [0.1, 0.15) is 12.5 Å². The smallest absolute Gasteiger partial charge is 0.195 e. The van der Waals surface area contributed by atoms with Crippen molar-refractivity contribution in [2.24, 2.45) is 0 Å². The summed E-state index contributed by atoms with van der Waals surface area (Å²) in [7, 11) is 2.14. The Morgan fingerprint density at radius 3 is 2.78 bits per heavy atom. The van der Waals surface area contributed by atoms with Crippen LogP contribution in [-0.2, 0) is 0 Å². The molecule has 2 aromatic rings. The summed E-state index contributed by atoms with van der Waals surface area (Å²) in [5.41, 5.74) is 1.11. The van der Waals surface area contributed by atoms with Gasteiger partial charge in [-0.1, -0.05) is 30.3 Å². The highest BCUT2D eigenvalue weighted by Gasteiger charge is 2.24. The summed E-state index contributed by atoms with van der Waals surface area (Å²) in [6, 6.07) is 10.6. The average molecular weight is 260 g/mol. The van der Waals surface area contributed by atoms with Crippen LogP contribution in [0.15, 0.2) is 30.3 Å². The van der Waals surface area contributed by atoms with Gasteiger partial charge in [0, 0.05) is 12.1 Å². The quantitative estimate of drug-likeness (QED) is 0.843. The van der Waals surface area contributed by atoms with Crippen LogP contribution in [0.4, 0.5) is 0 Å². The van der Waals surface area contributed by atoms with Gasteiger partial charge < -0.3 is 4.90 Å². The molecular weight excluding hydrogens is 244 g/mol. The number of likely N-dealkylation sites (N-methyl/N-ethyl adjacent to an activating group) is 1. The highest BCUT2D eigenvalue weighted by atomic mass is 32.1. The first-order chi connectivity index (χ1) is 8.75. The molecule has 3 rings (SSSR count). The van der Waals surface area contributed by atoms with Crippen molar-refractivity contribution in [1.29, 1.82) is 0 Å². The Morgan fingerprint density at radius 1 is 1.33 bits per heavy atom. The Labute approximate surface area is 111 Å². The summed E-state index contributed by atoms with van der Waals surface area (Å²) >= 11 is 5.37. The molecule has 0 radical (unpaired) electrons. The number of H-pyrrole nitrogens is 1. The molecule has 18 heavy (non-hydrogen) atoms. The monoisotopic (exact) mass is 260 g/mol. The van der Waals surface area contributed by atoms with E-state index in [0.29, 0.717) is 10.8 Å². The van der Waals surface area contributed by atoms with E-state index >= 15 is 0 Å². The highest BCUT2D eigenvalue weighted by Crippen LogP contribution is 2.26. The summed E-state index contributed by atoms with van der Waals surface area (Å²) in [6.45, 7) is 2.15. The first-order valence-electron chi connectivity index (χ1n) is 6.16. The minimum Gasteiger partial charge on any atom is -0.304 e. The third-order valence-corrected chi connectivity index (χ3v) is 3.76. The van der Waals surface area contributed by atoms with Crippen LogP contribution in [0.3, 0.4) is 0 Å². The molecule has 1 N–H and O–H groups in total. The Kier molecular flexibility index (Phi) is 3.01. The highest BCUT2D eigenvalue weighted by molar-refractivity contribution is 7.71. The molecule has 1 saturated heterocycles. The molecule has 1 aliphatic rings. The van der Waals surface area contributed by atoms with Crippen LogP contribution >= 0.6 is 12.2 Å². The standard InChI is InChI=1S/C13H16N4S/c1-16-8-7-11(9-16)17-12(14-15-13(17)18)10-5-3-2-4-6-10/h2-6,11H,7-9H2,1H3,(H,15,18). The molecule has 2 heterocycles. The van der Waals surface area contributed by atoms with Gasteiger partial charge in [0.15, 0.2) is 10.6 Å². The van der Waals surface area contributed by atoms with Crippen molar-refractivity contribution in [2.45, 2.75) is 12.5 Å². The van der Waals surface area contributed by atoms with Gasteiger partial charge in [0.25, 0.3) is 0 Å². The summed E-state index contributed by atoms with van der Waals surface area (Å²) < 4.78 is 2.88. The van der Waals surface area contributed by atoms with Gasteiger partial charge in [-0.2, -0.15) is 5.10 Å². The number of aromatic nitrogens is 3. The molecule has 1 unspecified atom stereocenters. The predicted octanol–water partition coefficient (Wildman–Crippen LogP) is 2.48. The zero-order valence-electron chi connectivity index (χ0n) is 10.3. The topological polar surface area (TPSA) is 36.9 Å². The van der Waals surface area contributed by atoms with E-state index in [1.54, 1.807) is 0 Å². The van der Waals surface area contributed by atoms with Gasteiger partial charge in [0.05, 0.1) is 6.04 Å². The molecule has 1 aromatic heterocycles. The zero-order chi connectivity index (χ0) is 12.5. The SMILES string of the molecule is CN1CCC(n2c(-c3ccccc3)n[nH]c2=S)C1. The van der Waals surface area contributed by atoms with Crippen LogP contribution in [-0.4, -0.2) is 39.8 Å². The maximum absolute atomic E-state index is 5.37. The first kappa shape index (κ1) is 11.6. The number of benzene rings is 1. The lowest BCUT2D eigenvalue weighted by Crippen LogP contribution is -2.17. The van der Waals surface area contributed by atoms with Gasteiger partial charge in [-0.05, 0) is 32.2 Å². The van der Waals surface area contributed by atoms with Crippen LogP contribution in [0.25, 0.3) is 11.4 Å². The normalized spacial score (nSPS) is 20.4. The summed E-state index contributed by atoms with van der Waals surface area (Å²) in [4.78, 5) is 2.33. The lowest BCUT2D eigenvalue weighted by molar-refractivity contribution is 0.392. The Balaban J connectivity index is 2.05. The van der Waals surface area contributed by atoms with Crippen LogP contribution in [0, 0.1) is 4.77 Å². The van der Waals surface area contributed by atoms with Gasteiger partial charge in [-0.25, -0.2) is 0 Å². The van der Waals surface area contributed by atoms with Crippen LogP contribution in [0.5, 0.6) is 0 Å². The van der Waals surface area contributed by atoms with Crippen molar-refractivity contribution in [3.63, 3.8) is 0 Å². The fourth-order valence-electron chi connectivity index (χ4n) is 2.56. The second kappa shape index (κ2) is 4.66. The molecule has 0 saturated carbocycles. The number of likely N-dealkylation sites (tertiary alicyclic amines) is 1. The minimum absolute atomic E-state index is 0.427. The number of nitrogens with one attached hydrogen (secondary N) is 1. The van der Waals surface area contributed by atoms with Gasteiger partial charge in [0.2, 0.25) is 0 Å². The molecule has 1 atom stereocenters. The fourth-order valence-corrected chi connectivity index (χ4v) is 2.84. The van der Waals surface area contributed by atoms with Crippen LogP contribution < -0.4 is 0 Å². The second-order valence-electron chi connectivity index (χ2n) is 4.79. The number of aromatic amines is 1. The maximum atomic E-state index is 5.37. The van der Waals surface area contributed by atoms with Crippen molar-refractivity contribution in [3.8, 4) is 11.4 Å². The Hall–Kier alpha value is -1.46. The molecule has 0 amide bonds. The summed E-state index contributed by atoms with van der Waals surface area (Å²) in [5, 5.41) is 7.31. The lowest BCUT2D eigenvalue weighted by Gasteiger charge is -2.14. The second-order valence-corrected chi connectivity index (χ2v) is 5.18. The molecule has 4 nitrogen and oxygen atoms in total. The largest absolute Gasteiger partial charge is 0.304 e. The number of nitrogens with zero attached hydrogens (tertiary/aromatic N) is 3. The molecule has 0 aliphatic carbocycles. The maximum Gasteiger partial charge on any atom is 0.195 e. The summed E-state index contributed by atoms with van der Waals surface area (Å²) in [6.07, 6.45) is 1.13. The molecule has 1 fully saturated rings. The van der Waals surface area contributed by atoms with Gasteiger partial charge in [0.1, 0.15) is 0 Å². The Morgan fingerprint density at radius 2 is 2.11 bits per heavy atom.